The highest BCUT2D eigenvalue weighted by Gasteiger charge is 2.50. The number of cyclic esters (lactones) is 2. The van der Waals surface area contributed by atoms with Gasteiger partial charge in [0.05, 0.1) is 6.42 Å². The lowest BCUT2D eigenvalue weighted by Gasteiger charge is -2.22. The summed E-state index contributed by atoms with van der Waals surface area (Å²) < 4.78 is 18.2. The van der Waals surface area contributed by atoms with Crippen molar-refractivity contribution in [3.63, 3.8) is 0 Å². The first-order valence-electron chi connectivity index (χ1n) is 5.10. The van der Waals surface area contributed by atoms with Crippen LogP contribution in [-0.4, -0.2) is 11.9 Å². The molecule has 0 spiro atoms. The van der Waals surface area contributed by atoms with Gasteiger partial charge >= 0.3 is 11.9 Å². The summed E-state index contributed by atoms with van der Waals surface area (Å²) in [6.07, 6.45) is 0.266. The molecular weight excluding hydrogens is 211 g/mol. The number of ether oxygens (including phenoxy) is 1. The van der Waals surface area contributed by atoms with Gasteiger partial charge in [0.1, 0.15) is 11.2 Å². The van der Waals surface area contributed by atoms with Gasteiger partial charge in [-0.3, -0.25) is 9.59 Å². The summed E-state index contributed by atoms with van der Waals surface area (Å²) in [5, 5.41) is 0. The lowest BCUT2D eigenvalue weighted by atomic mass is 9.76. The van der Waals surface area contributed by atoms with Crippen LogP contribution in [0.1, 0.15) is 25.3 Å². The van der Waals surface area contributed by atoms with Gasteiger partial charge in [-0.05, 0) is 12.5 Å². The summed E-state index contributed by atoms with van der Waals surface area (Å²) >= 11 is 0. The van der Waals surface area contributed by atoms with E-state index in [4.69, 9.17) is 0 Å². The zero-order valence-electron chi connectivity index (χ0n) is 8.83. The molecule has 1 aromatic carbocycles. The minimum absolute atomic E-state index is 0.0801. The van der Waals surface area contributed by atoms with E-state index in [9.17, 15) is 14.0 Å². The number of hydrogen-bond donors (Lipinski definition) is 0. The molecule has 0 N–H and O–H groups in total. The van der Waals surface area contributed by atoms with Crippen LogP contribution in [0.4, 0.5) is 4.39 Å². The monoisotopic (exact) mass is 222 g/mol. The average molecular weight is 222 g/mol. The molecule has 1 saturated heterocycles. The first-order chi connectivity index (χ1) is 7.60. The van der Waals surface area contributed by atoms with Gasteiger partial charge in [-0.15, -0.1) is 0 Å². The Hall–Kier alpha value is -1.71. The van der Waals surface area contributed by atoms with Crippen molar-refractivity contribution in [1.29, 1.82) is 0 Å². The largest absolute Gasteiger partial charge is 0.392 e. The smallest absolute Gasteiger partial charge is 0.324 e. The number of carbonyl (C=O) groups excluding carboxylic acids is 2. The van der Waals surface area contributed by atoms with Crippen LogP contribution in [0.25, 0.3) is 0 Å². The molecule has 1 aromatic rings. The fraction of sp³-hybridized carbons (Fsp3) is 0.333. The number of rotatable bonds is 2. The molecule has 0 radical (unpaired) electrons. The summed E-state index contributed by atoms with van der Waals surface area (Å²) in [5.41, 5.74) is -0.893. The second kappa shape index (κ2) is 3.70. The predicted octanol–water partition coefficient (Wildman–Crippen LogP) is 1.95. The van der Waals surface area contributed by atoms with Crippen LogP contribution in [0, 0.1) is 5.82 Å². The Balaban J connectivity index is 2.55. The molecule has 1 atom stereocenters. The Labute approximate surface area is 92.2 Å². The third kappa shape index (κ3) is 1.41. The molecule has 84 valence electrons. The molecule has 1 fully saturated rings. The molecule has 1 heterocycles. The molecule has 0 amide bonds. The fourth-order valence-electron chi connectivity index (χ4n) is 2.07. The molecule has 0 bridgehead atoms. The first-order valence-corrected chi connectivity index (χ1v) is 5.10. The Morgan fingerprint density at radius 1 is 1.38 bits per heavy atom. The van der Waals surface area contributed by atoms with E-state index in [-0.39, 0.29) is 12.0 Å². The van der Waals surface area contributed by atoms with Crippen molar-refractivity contribution in [3.05, 3.63) is 35.6 Å². The highest BCUT2D eigenvalue weighted by molar-refractivity contribution is 6.01. The minimum atomic E-state index is -1.14. The van der Waals surface area contributed by atoms with Gasteiger partial charge in [0.25, 0.3) is 0 Å². The second-order valence-electron chi connectivity index (χ2n) is 3.85. The van der Waals surface area contributed by atoms with E-state index in [1.165, 1.54) is 12.1 Å². The zero-order valence-corrected chi connectivity index (χ0v) is 8.83. The van der Waals surface area contributed by atoms with Crippen molar-refractivity contribution < 1.29 is 18.7 Å². The Kier molecular flexibility index (Phi) is 2.50. The molecule has 1 aliphatic rings. The summed E-state index contributed by atoms with van der Waals surface area (Å²) in [5.74, 6) is -1.71. The van der Waals surface area contributed by atoms with Crippen molar-refractivity contribution in [2.75, 3.05) is 0 Å². The van der Waals surface area contributed by atoms with E-state index in [1.54, 1.807) is 19.1 Å². The highest BCUT2D eigenvalue weighted by Crippen LogP contribution is 2.39. The van der Waals surface area contributed by atoms with Crippen LogP contribution >= 0.6 is 0 Å². The first kappa shape index (κ1) is 10.8. The van der Waals surface area contributed by atoms with Crippen LogP contribution < -0.4 is 0 Å². The van der Waals surface area contributed by atoms with Gasteiger partial charge in [0.2, 0.25) is 0 Å². The number of esters is 2. The Morgan fingerprint density at radius 2 is 2.06 bits per heavy atom. The standard InChI is InChI=1S/C12H11FO3/c1-2-12(7-10(14)16-11(12)15)8-5-3-4-6-9(8)13/h3-6H,2,7H2,1H3. The average Bonchev–Trinajstić information content (AvgIpc) is 2.55. The van der Waals surface area contributed by atoms with Gasteiger partial charge in [-0.25, -0.2) is 4.39 Å². The van der Waals surface area contributed by atoms with Gasteiger partial charge in [-0.2, -0.15) is 0 Å². The maximum absolute atomic E-state index is 13.7. The Bertz CT molecular complexity index is 455. The lowest BCUT2D eigenvalue weighted by Crippen LogP contribution is -2.31. The summed E-state index contributed by atoms with van der Waals surface area (Å²) in [4.78, 5) is 22.8. The van der Waals surface area contributed by atoms with Gasteiger partial charge < -0.3 is 4.74 Å². The molecule has 1 aliphatic heterocycles. The van der Waals surface area contributed by atoms with Crippen LogP contribution in [-0.2, 0) is 19.7 Å². The van der Waals surface area contributed by atoms with Crippen LogP contribution in [0.5, 0.6) is 0 Å². The Morgan fingerprint density at radius 3 is 2.56 bits per heavy atom. The molecule has 1 unspecified atom stereocenters. The molecular formula is C12H11FO3. The van der Waals surface area contributed by atoms with E-state index in [0.717, 1.165) is 0 Å². The number of halogens is 1. The van der Waals surface area contributed by atoms with E-state index in [0.29, 0.717) is 6.42 Å². The van der Waals surface area contributed by atoms with E-state index >= 15 is 0 Å². The summed E-state index contributed by atoms with van der Waals surface area (Å²) in [6, 6.07) is 6.00. The minimum Gasteiger partial charge on any atom is -0.392 e. The van der Waals surface area contributed by atoms with Crippen LogP contribution in [0.2, 0.25) is 0 Å². The van der Waals surface area contributed by atoms with Crippen LogP contribution in [0.3, 0.4) is 0 Å². The summed E-state index contributed by atoms with van der Waals surface area (Å²) in [7, 11) is 0. The van der Waals surface area contributed by atoms with Gasteiger partial charge in [0.15, 0.2) is 0 Å². The third-order valence-electron chi connectivity index (χ3n) is 3.04. The zero-order chi connectivity index (χ0) is 11.8. The van der Waals surface area contributed by atoms with E-state index in [2.05, 4.69) is 4.74 Å². The van der Waals surface area contributed by atoms with Gasteiger partial charge in [0, 0.05) is 5.56 Å². The van der Waals surface area contributed by atoms with E-state index in [1.807, 2.05) is 0 Å². The number of hydrogen-bond acceptors (Lipinski definition) is 3. The van der Waals surface area contributed by atoms with Crippen molar-refractivity contribution >= 4 is 11.9 Å². The molecule has 0 aliphatic carbocycles. The SMILES string of the molecule is CCC1(c2ccccc2F)CC(=O)OC1=O. The maximum atomic E-state index is 13.7. The maximum Gasteiger partial charge on any atom is 0.324 e. The van der Waals surface area contributed by atoms with Crippen LogP contribution in [0.15, 0.2) is 24.3 Å². The van der Waals surface area contributed by atoms with Crippen molar-refractivity contribution in [2.24, 2.45) is 0 Å². The topological polar surface area (TPSA) is 43.4 Å². The molecule has 2 rings (SSSR count). The van der Waals surface area contributed by atoms with E-state index < -0.39 is 23.2 Å². The number of benzene rings is 1. The molecule has 0 saturated carbocycles. The van der Waals surface area contributed by atoms with Crippen molar-refractivity contribution in [3.8, 4) is 0 Å². The van der Waals surface area contributed by atoms with Crippen molar-refractivity contribution in [2.45, 2.75) is 25.2 Å². The van der Waals surface area contributed by atoms with Crippen molar-refractivity contribution in [1.82, 2.24) is 0 Å². The number of carbonyl (C=O) groups is 2. The lowest BCUT2D eigenvalue weighted by molar-refractivity contribution is -0.153. The molecule has 16 heavy (non-hydrogen) atoms. The quantitative estimate of drug-likeness (QED) is 0.567. The predicted molar refractivity (Wildman–Crippen MR) is 54.1 cm³/mol. The molecule has 0 aromatic heterocycles. The molecule has 3 nitrogen and oxygen atoms in total. The van der Waals surface area contributed by atoms with Gasteiger partial charge in [-0.1, -0.05) is 25.1 Å². The third-order valence-corrected chi connectivity index (χ3v) is 3.04. The summed E-state index contributed by atoms with van der Waals surface area (Å²) in [6.45, 7) is 1.74. The normalized spacial score (nSPS) is 24.6. The molecule has 4 heteroatoms. The highest BCUT2D eigenvalue weighted by atomic mass is 19.1. The fourth-order valence-corrected chi connectivity index (χ4v) is 2.07. The second-order valence-corrected chi connectivity index (χ2v) is 3.85.